The monoisotopic (exact) mass is 286 g/mol. The van der Waals surface area contributed by atoms with Crippen molar-refractivity contribution in [2.24, 2.45) is 0 Å². The number of hydrogen-bond donors (Lipinski definition) is 2. The van der Waals surface area contributed by atoms with Crippen LogP contribution in [0.5, 0.6) is 5.88 Å². The molecule has 1 aromatic rings. The highest BCUT2D eigenvalue weighted by molar-refractivity contribution is 7.90. The van der Waals surface area contributed by atoms with E-state index in [0.717, 1.165) is 0 Å². The first-order valence-electron chi connectivity index (χ1n) is 6.19. The molecule has 106 valence electrons. The van der Waals surface area contributed by atoms with Crippen LogP contribution in [0.2, 0.25) is 0 Å². The molecule has 1 saturated heterocycles. The lowest BCUT2D eigenvalue weighted by molar-refractivity contribution is 0.327. The molecule has 2 heterocycles. The van der Waals surface area contributed by atoms with Gasteiger partial charge >= 0.3 is 10.2 Å². The highest BCUT2D eigenvalue weighted by Crippen LogP contribution is 2.14. The van der Waals surface area contributed by atoms with Crippen LogP contribution in [0.4, 0.5) is 5.69 Å². The predicted molar refractivity (Wildman–Crippen MR) is 72.4 cm³/mol. The average molecular weight is 286 g/mol. The van der Waals surface area contributed by atoms with E-state index in [1.807, 2.05) is 6.92 Å². The molecule has 1 aromatic heterocycles. The van der Waals surface area contributed by atoms with Crippen molar-refractivity contribution in [2.45, 2.75) is 6.92 Å². The minimum absolute atomic E-state index is 0.432. The summed E-state index contributed by atoms with van der Waals surface area (Å²) in [6.45, 7) is 4.67. The molecule has 19 heavy (non-hydrogen) atoms. The maximum absolute atomic E-state index is 12.1. The van der Waals surface area contributed by atoms with Gasteiger partial charge in [0.15, 0.2) is 0 Å². The molecule has 1 aliphatic rings. The summed E-state index contributed by atoms with van der Waals surface area (Å²) in [5.41, 5.74) is 0.432. The fraction of sp³-hybridized carbons (Fsp3) is 0.545. The smallest absolute Gasteiger partial charge is 0.301 e. The molecule has 1 fully saturated rings. The molecule has 0 spiro atoms. The molecule has 7 nitrogen and oxygen atoms in total. The van der Waals surface area contributed by atoms with E-state index in [-0.39, 0.29) is 0 Å². The van der Waals surface area contributed by atoms with E-state index in [0.29, 0.717) is 44.4 Å². The Morgan fingerprint density at radius 1 is 1.42 bits per heavy atom. The predicted octanol–water partition coefficient (Wildman–Crippen LogP) is 0.0422. The fourth-order valence-electron chi connectivity index (χ4n) is 1.77. The van der Waals surface area contributed by atoms with Crippen LogP contribution in [0.3, 0.4) is 0 Å². The van der Waals surface area contributed by atoms with Crippen molar-refractivity contribution in [2.75, 3.05) is 37.5 Å². The summed E-state index contributed by atoms with van der Waals surface area (Å²) < 4.78 is 33.3. The minimum atomic E-state index is -3.50. The van der Waals surface area contributed by atoms with Gasteiger partial charge in [-0.25, -0.2) is 4.98 Å². The Bertz CT molecular complexity index is 497. The van der Waals surface area contributed by atoms with Gasteiger partial charge in [0.25, 0.3) is 0 Å². The van der Waals surface area contributed by atoms with E-state index in [9.17, 15) is 8.42 Å². The van der Waals surface area contributed by atoms with Crippen LogP contribution in [0, 0.1) is 0 Å². The summed E-state index contributed by atoms with van der Waals surface area (Å²) in [5.74, 6) is 0.479. The molecular weight excluding hydrogens is 268 g/mol. The molecule has 0 aromatic carbocycles. The van der Waals surface area contributed by atoms with Crippen molar-refractivity contribution in [3.8, 4) is 5.88 Å². The highest BCUT2D eigenvalue weighted by Gasteiger charge is 2.23. The molecule has 0 radical (unpaired) electrons. The molecule has 0 saturated carbocycles. The maximum atomic E-state index is 12.1. The van der Waals surface area contributed by atoms with E-state index in [2.05, 4.69) is 15.0 Å². The lowest BCUT2D eigenvalue weighted by atomic mass is 10.4. The van der Waals surface area contributed by atoms with Crippen molar-refractivity contribution in [1.82, 2.24) is 14.6 Å². The topological polar surface area (TPSA) is 83.6 Å². The molecule has 2 N–H and O–H groups in total. The van der Waals surface area contributed by atoms with Crippen LogP contribution in [0.15, 0.2) is 18.3 Å². The van der Waals surface area contributed by atoms with E-state index in [1.165, 1.54) is 10.5 Å². The normalized spacial score (nSPS) is 17.1. The fourth-order valence-corrected chi connectivity index (χ4v) is 2.98. The SMILES string of the molecule is CCOc1ccc(NS(=O)(=O)N2CCNCC2)cn1. The first kappa shape index (κ1) is 14.0. The maximum Gasteiger partial charge on any atom is 0.301 e. The number of aromatic nitrogens is 1. The third kappa shape index (κ3) is 3.79. The molecule has 0 atom stereocenters. The Labute approximate surface area is 113 Å². The Morgan fingerprint density at radius 2 is 2.16 bits per heavy atom. The zero-order valence-electron chi connectivity index (χ0n) is 10.8. The number of piperazine rings is 1. The van der Waals surface area contributed by atoms with Gasteiger partial charge in [-0.15, -0.1) is 0 Å². The van der Waals surface area contributed by atoms with Crippen molar-refractivity contribution in [1.29, 1.82) is 0 Å². The van der Waals surface area contributed by atoms with Crippen molar-refractivity contribution < 1.29 is 13.2 Å². The number of nitrogens with zero attached hydrogens (tertiary/aromatic N) is 2. The van der Waals surface area contributed by atoms with Gasteiger partial charge in [-0.05, 0) is 13.0 Å². The van der Waals surface area contributed by atoms with Crippen LogP contribution in [-0.4, -0.2) is 50.5 Å². The summed E-state index contributed by atoms with van der Waals surface area (Å²) in [6.07, 6.45) is 1.45. The van der Waals surface area contributed by atoms with Crippen LogP contribution in [0.25, 0.3) is 0 Å². The first-order valence-corrected chi connectivity index (χ1v) is 7.63. The van der Waals surface area contributed by atoms with E-state index < -0.39 is 10.2 Å². The summed E-state index contributed by atoms with van der Waals surface area (Å²) in [6, 6.07) is 3.27. The van der Waals surface area contributed by atoms with Crippen molar-refractivity contribution in [3.05, 3.63) is 18.3 Å². The second-order valence-corrected chi connectivity index (χ2v) is 5.74. The van der Waals surface area contributed by atoms with Gasteiger partial charge in [0, 0.05) is 32.2 Å². The summed E-state index contributed by atoms with van der Waals surface area (Å²) in [7, 11) is -3.50. The van der Waals surface area contributed by atoms with Crippen LogP contribution >= 0.6 is 0 Å². The Kier molecular flexibility index (Phi) is 4.56. The first-order chi connectivity index (χ1) is 9.12. The standard InChI is InChI=1S/C11H18N4O3S/c1-2-18-11-4-3-10(9-13-11)14-19(16,17)15-7-5-12-6-8-15/h3-4,9,12,14H,2,5-8H2,1H3. The minimum Gasteiger partial charge on any atom is -0.478 e. The van der Waals surface area contributed by atoms with Crippen molar-refractivity contribution >= 4 is 15.9 Å². The van der Waals surface area contributed by atoms with E-state index >= 15 is 0 Å². The Hall–Kier alpha value is -1.38. The lowest BCUT2D eigenvalue weighted by Gasteiger charge is -2.26. The summed E-state index contributed by atoms with van der Waals surface area (Å²) in [4.78, 5) is 4.02. The third-order valence-electron chi connectivity index (χ3n) is 2.69. The molecular formula is C11H18N4O3S. The molecule has 0 aliphatic carbocycles. The van der Waals surface area contributed by atoms with Gasteiger partial charge < -0.3 is 10.1 Å². The van der Waals surface area contributed by atoms with Gasteiger partial charge in [-0.3, -0.25) is 4.72 Å². The zero-order chi connectivity index (χ0) is 13.7. The van der Waals surface area contributed by atoms with Gasteiger partial charge in [0.1, 0.15) is 0 Å². The van der Waals surface area contributed by atoms with E-state index in [1.54, 1.807) is 12.1 Å². The van der Waals surface area contributed by atoms with Crippen LogP contribution in [-0.2, 0) is 10.2 Å². The number of pyridine rings is 1. The second-order valence-electron chi connectivity index (χ2n) is 4.07. The van der Waals surface area contributed by atoms with Gasteiger partial charge in [-0.1, -0.05) is 0 Å². The van der Waals surface area contributed by atoms with Gasteiger partial charge in [0.2, 0.25) is 5.88 Å². The van der Waals surface area contributed by atoms with Gasteiger partial charge in [-0.2, -0.15) is 12.7 Å². The molecule has 8 heteroatoms. The molecule has 1 aliphatic heterocycles. The lowest BCUT2D eigenvalue weighted by Crippen LogP contribution is -2.48. The third-order valence-corrected chi connectivity index (χ3v) is 4.23. The number of ether oxygens (including phenoxy) is 1. The second kappa shape index (κ2) is 6.18. The molecule has 0 amide bonds. The molecule has 0 unspecified atom stereocenters. The summed E-state index contributed by atoms with van der Waals surface area (Å²) >= 11 is 0. The van der Waals surface area contributed by atoms with Gasteiger partial charge in [0.05, 0.1) is 18.5 Å². The quantitative estimate of drug-likeness (QED) is 0.798. The number of anilines is 1. The molecule has 2 rings (SSSR count). The largest absolute Gasteiger partial charge is 0.478 e. The van der Waals surface area contributed by atoms with Crippen molar-refractivity contribution in [3.63, 3.8) is 0 Å². The average Bonchev–Trinajstić information content (AvgIpc) is 2.42. The number of hydrogen-bond acceptors (Lipinski definition) is 5. The number of nitrogens with one attached hydrogen (secondary N) is 2. The zero-order valence-corrected chi connectivity index (χ0v) is 11.6. The summed E-state index contributed by atoms with van der Waals surface area (Å²) in [5, 5.41) is 3.11. The highest BCUT2D eigenvalue weighted by atomic mass is 32.2. The Morgan fingerprint density at radius 3 is 2.74 bits per heavy atom. The van der Waals surface area contributed by atoms with Crippen LogP contribution in [0.1, 0.15) is 6.92 Å². The Balaban J connectivity index is 2.02. The molecule has 0 bridgehead atoms. The van der Waals surface area contributed by atoms with E-state index in [4.69, 9.17) is 4.74 Å². The van der Waals surface area contributed by atoms with Crippen LogP contribution < -0.4 is 14.8 Å². The number of rotatable bonds is 5.